The van der Waals surface area contributed by atoms with Crippen LogP contribution in [-0.4, -0.2) is 36.9 Å². The van der Waals surface area contributed by atoms with Crippen LogP contribution >= 0.6 is 11.6 Å². The molecule has 1 aromatic carbocycles. The van der Waals surface area contributed by atoms with Crippen LogP contribution in [0.4, 0.5) is 5.69 Å². The minimum absolute atomic E-state index is 0.00202. The van der Waals surface area contributed by atoms with Crippen molar-refractivity contribution >= 4 is 29.1 Å². The van der Waals surface area contributed by atoms with Crippen molar-refractivity contribution < 1.29 is 9.59 Å². The van der Waals surface area contributed by atoms with Gasteiger partial charge in [-0.25, -0.2) is 0 Å². The first-order valence-electron chi connectivity index (χ1n) is 6.31. The van der Waals surface area contributed by atoms with E-state index in [0.717, 1.165) is 0 Å². The maximum Gasteiger partial charge on any atom is 0.255 e. The Bertz CT molecular complexity index is 515. The zero-order valence-corrected chi connectivity index (χ0v) is 12.9. The van der Waals surface area contributed by atoms with Gasteiger partial charge in [0.05, 0.1) is 17.3 Å². The molecule has 1 aromatic rings. The van der Waals surface area contributed by atoms with Gasteiger partial charge in [-0.3, -0.25) is 9.59 Å². The molecular weight excluding hydrogens is 278 g/mol. The Morgan fingerprint density at radius 2 is 1.90 bits per heavy atom. The SMILES string of the molecule is CC(C)[C@H](N)C(=O)Nc1cc(Cl)ccc1C(=O)N(C)C. The molecule has 20 heavy (non-hydrogen) atoms. The van der Waals surface area contributed by atoms with Gasteiger partial charge in [-0.05, 0) is 24.1 Å². The lowest BCUT2D eigenvalue weighted by molar-refractivity contribution is -0.118. The molecule has 0 spiro atoms. The molecule has 110 valence electrons. The van der Waals surface area contributed by atoms with Crippen LogP contribution < -0.4 is 11.1 Å². The van der Waals surface area contributed by atoms with E-state index in [0.29, 0.717) is 16.3 Å². The van der Waals surface area contributed by atoms with Crippen molar-refractivity contribution in [3.63, 3.8) is 0 Å². The first kappa shape index (κ1) is 16.5. The van der Waals surface area contributed by atoms with Crippen LogP contribution in [0, 0.1) is 5.92 Å². The van der Waals surface area contributed by atoms with Gasteiger partial charge in [-0.15, -0.1) is 0 Å². The minimum atomic E-state index is -0.642. The van der Waals surface area contributed by atoms with E-state index in [9.17, 15) is 9.59 Å². The molecule has 6 heteroatoms. The van der Waals surface area contributed by atoms with Crippen LogP contribution in [0.25, 0.3) is 0 Å². The Balaban J connectivity index is 3.07. The summed E-state index contributed by atoms with van der Waals surface area (Å²) in [6.07, 6.45) is 0. The highest BCUT2D eigenvalue weighted by molar-refractivity contribution is 6.31. The van der Waals surface area contributed by atoms with Crippen LogP contribution in [-0.2, 0) is 4.79 Å². The number of hydrogen-bond donors (Lipinski definition) is 2. The molecule has 0 fully saturated rings. The molecule has 0 saturated carbocycles. The lowest BCUT2D eigenvalue weighted by Crippen LogP contribution is -2.40. The number of benzene rings is 1. The molecule has 0 aliphatic heterocycles. The Morgan fingerprint density at radius 1 is 1.30 bits per heavy atom. The van der Waals surface area contributed by atoms with Gasteiger partial charge in [0.25, 0.3) is 5.91 Å². The van der Waals surface area contributed by atoms with E-state index >= 15 is 0 Å². The fourth-order valence-electron chi connectivity index (χ4n) is 1.57. The summed E-state index contributed by atoms with van der Waals surface area (Å²) >= 11 is 5.92. The number of rotatable bonds is 4. The van der Waals surface area contributed by atoms with Gasteiger partial charge in [0, 0.05) is 19.1 Å². The van der Waals surface area contributed by atoms with Crippen molar-refractivity contribution in [3.8, 4) is 0 Å². The van der Waals surface area contributed by atoms with Gasteiger partial charge in [0.15, 0.2) is 0 Å². The molecule has 2 amide bonds. The highest BCUT2D eigenvalue weighted by Crippen LogP contribution is 2.22. The van der Waals surface area contributed by atoms with Gasteiger partial charge >= 0.3 is 0 Å². The van der Waals surface area contributed by atoms with Gasteiger partial charge in [0.2, 0.25) is 5.91 Å². The summed E-state index contributed by atoms with van der Waals surface area (Å²) in [5, 5.41) is 3.11. The van der Waals surface area contributed by atoms with Crippen molar-refractivity contribution in [3.05, 3.63) is 28.8 Å². The van der Waals surface area contributed by atoms with E-state index in [1.54, 1.807) is 32.3 Å². The van der Waals surface area contributed by atoms with Crippen molar-refractivity contribution in [2.75, 3.05) is 19.4 Å². The topological polar surface area (TPSA) is 75.4 Å². The normalized spacial score (nSPS) is 12.2. The first-order chi connectivity index (χ1) is 9.23. The van der Waals surface area contributed by atoms with E-state index in [2.05, 4.69) is 5.32 Å². The van der Waals surface area contributed by atoms with E-state index < -0.39 is 6.04 Å². The largest absolute Gasteiger partial charge is 0.345 e. The summed E-state index contributed by atoms with van der Waals surface area (Å²) < 4.78 is 0. The number of carbonyl (C=O) groups excluding carboxylic acids is 2. The quantitative estimate of drug-likeness (QED) is 0.892. The summed E-state index contributed by atoms with van der Waals surface area (Å²) in [7, 11) is 3.28. The maximum absolute atomic E-state index is 12.1. The molecule has 0 aliphatic carbocycles. The van der Waals surface area contributed by atoms with E-state index in [4.69, 9.17) is 17.3 Å². The highest BCUT2D eigenvalue weighted by Gasteiger charge is 2.20. The number of anilines is 1. The lowest BCUT2D eigenvalue weighted by atomic mass is 10.0. The second kappa shape index (κ2) is 6.72. The van der Waals surface area contributed by atoms with Crippen molar-refractivity contribution in [2.24, 2.45) is 11.7 Å². The summed E-state index contributed by atoms with van der Waals surface area (Å²) in [5.41, 5.74) is 6.54. The Morgan fingerprint density at radius 3 is 2.40 bits per heavy atom. The molecule has 3 N–H and O–H groups in total. The standard InChI is InChI=1S/C14H20ClN3O2/c1-8(2)12(16)13(19)17-11-7-9(15)5-6-10(11)14(20)18(3)4/h5-8,12H,16H2,1-4H3,(H,17,19)/t12-/m0/s1. The van der Waals surface area contributed by atoms with Crippen LogP contribution in [0.2, 0.25) is 5.02 Å². The average molecular weight is 298 g/mol. The molecule has 1 atom stereocenters. The van der Waals surface area contributed by atoms with Crippen molar-refractivity contribution in [1.29, 1.82) is 0 Å². The van der Waals surface area contributed by atoms with Gasteiger partial charge in [-0.1, -0.05) is 25.4 Å². The Labute approximate surface area is 124 Å². The number of nitrogens with one attached hydrogen (secondary N) is 1. The van der Waals surface area contributed by atoms with Crippen LogP contribution in [0.15, 0.2) is 18.2 Å². The second-order valence-electron chi connectivity index (χ2n) is 5.15. The third-order valence-corrected chi connectivity index (χ3v) is 3.13. The Kier molecular flexibility index (Phi) is 5.53. The molecule has 0 radical (unpaired) electrons. The zero-order valence-electron chi connectivity index (χ0n) is 12.1. The number of halogens is 1. The molecule has 0 aliphatic rings. The van der Waals surface area contributed by atoms with Crippen LogP contribution in [0.5, 0.6) is 0 Å². The predicted molar refractivity (Wildman–Crippen MR) is 80.9 cm³/mol. The molecule has 5 nitrogen and oxygen atoms in total. The first-order valence-corrected chi connectivity index (χ1v) is 6.69. The summed E-state index contributed by atoms with van der Waals surface area (Å²) in [6.45, 7) is 3.71. The molecule has 0 aromatic heterocycles. The van der Waals surface area contributed by atoms with Gasteiger partial charge in [0.1, 0.15) is 0 Å². The number of nitrogens with zero attached hydrogens (tertiary/aromatic N) is 1. The van der Waals surface area contributed by atoms with Crippen LogP contribution in [0.3, 0.4) is 0 Å². The summed E-state index contributed by atoms with van der Waals surface area (Å²) in [6, 6.07) is 4.09. The third-order valence-electron chi connectivity index (χ3n) is 2.90. The molecular formula is C14H20ClN3O2. The maximum atomic E-state index is 12.1. The van der Waals surface area contributed by atoms with E-state index in [1.165, 1.54) is 4.90 Å². The predicted octanol–water partition coefficient (Wildman–Crippen LogP) is 1.96. The monoisotopic (exact) mass is 297 g/mol. The minimum Gasteiger partial charge on any atom is -0.345 e. The van der Waals surface area contributed by atoms with Crippen molar-refractivity contribution in [1.82, 2.24) is 4.90 Å². The van der Waals surface area contributed by atoms with E-state index in [-0.39, 0.29) is 17.7 Å². The fraction of sp³-hybridized carbons (Fsp3) is 0.429. The number of hydrogen-bond acceptors (Lipinski definition) is 3. The smallest absolute Gasteiger partial charge is 0.255 e. The summed E-state index contributed by atoms with van der Waals surface area (Å²) in [5.74, 6) is -0.549. The van der Waals surface area contributed by atoms with Crippen molar-refractivity contribution in [2.45, 2.75) is 19.9 Å². The number of amides is 2. The van der Waals surface area contributed by atoms with Crippen LogP contribution in [0.1, 0.15) is 24.2 Å². The zero-order chi connectivity index (χ0) is 15.4. The average Bonchev–Trinajstić information content (AvgIpc) is 2.36. The van der Waals surface area contributed by atoms with E-state index in [1.807, 2.05) is 13.8 Å². The Hall–Kier alpha value is -1.59. The number of carbonyl (C=O) groups is 2. The molecule has 0 saturated heterocycles. The second-order valence-corrected chi connectivity index (χ2v) is 5.58. The third kappa shape index (κ3) is 3.95. The van der Waals surface area contributed by atoms with Gasteiger partial charge < -0.3 is 16.0 Å². The van der Waals surface area contributed by atoms with Gasteiger partial charge in [-0.2, -0.15) is 0 Å². The lowest BCUT2D eigenvalue weighted by Gasteiger charge is -2.18. The highest BCUT2D eigenvalue weighted by atomic mass is 35.5. The molecule has 0 heterocycles. The number of nitrogens with two attached hydrogens (primary N) is 1. The summed E-state index contributed by atoms with van der Waals surface area (Å²) in [4.78, 5) is 25.5. The molecule has 1 rings (SSSR count). The molecule has 0 bridgehead atoms. The fourth-order valence-corrected chi connectivity index (χ4v) is 1.74. The molecule has 0 unspecified atom stereocenters.